The van der Waals surface area contributed by atoms with Crippen molar-refractivity contribution in [2.45, 2.75) is 43.4 Å². The van der Waals surface area contributed by atoms with E-state index in [1.165, 1.54) is 12.1 Å². The van der Waals surface area contributed by atoms with E-state index >= 15 is 0 Å². The molecule has 0 saturated heterocycles. The van der Waals surface area contributed by atoms with Crippen LogP contribution in [0.15, 0.2) is 24.5 Å². The van der Waals surface area contributed by atoms with Crippen molar-refractivity contribution < 1.29 is 27.5 Å². The van der Waals surface area contributed by atoms with E-state index in [4.69, 9.17) is 11.6 Å². The molecule has 0 radical (unpaired) electrons. The van der Waals surface area contributed by atoms with Crippen molar-refractivity contribution in [2.24, 2.45) is 25.9 Å². The Morgan fingerprint density at radius 1 is 1.22 bits per heavy atom. The third-order valence-corrected chi connectivity index (χ3v) is 7.51. The van der Waals surface area contributed by atoms with Gasteiger partial charge in [-0.15, -0.1) is 0 Å². The minimum Gasteiger partial charge on any atom is -0.382 e. The van der Waals surface area contributed by atoms with Gasteiger partial charge in [0.1, 0.15) is 17.1 Å². The summed E-state index contributed by atoms with van der Waals surface area (Å²) in [6.07, 6.45) is -1.42. The summed E-state index contributed by atoms with van der Waals surface area (Å²) < 4.78 is 55.2. The predicted molar refractivity (Wildman–Crippen MR) is 121 cm³/mol. The molecular weight excluding hydrogens is 504 g/mol. The van der Waals surface area contributed by atoms with Crippen molar-refractivity contribution in [3.63, 3.8) is 0 Å². The lowest BCUT2D eigenvalue weighted by Crippen LogP contribution is -2.25. The van der Waals surface area contributed by atoms with E-state index in [2.05, 4.69) is 20.4 Å². The lowest BCUT2D eigenvalue weighted by Gasteiger charge is -2.21. The fraction of sp³-hybridized carbons (Fsp3) is 0.478. The highest BCUT2D eigenvalue weighted by molar-refractivity contribution is 6.31. The van der Waals surface area contributed by atoms with Crippen molar-refractivity contribution in [1.29, 1.82) is 0 Å². The summed E-state index contributed by atoms with van der Waals surface area (Å²) in [4.78, 5) is 21.1. The fourth-order valence-corrected chi connectivity index (χ4v) is 5.87. The van der Waals surface area contributed by atoms with Gasteiger partial charge in [0, 0.05) is 25.7 Å². The topological polar surface area (TPSA) is 97.9 Å². The molecule has 8 nitrogen and oxygen atoms in total. The van der Waals surface area contributed by atoms with Crippen molar-refractivity contribution in [1.82, 2.24) is 24.3 Å². The summed E-state index contributed by atoms with van der Waals surface area (Å²) in [5.41, 5.74) is -0.227. The van der Waals surface area contributed by atoms with Gasteiger partial charge in [-0.05, 0) is 55.7 Å². The number of aliphatic hydroxyl groups is 1. The van der Waals surface area contributed by atoms with E-state index in [0.717, 1.165) is 13.1 Å². The average molecular weight is 527 g/mol. The van der Waals surface area contributed by atoms with E-state index in [1.54, 1.807) is 17.9 Å². The number of nitrogens with one attached hydrogen (secondary N) is 1. The summed E-state index contributed by atoms with van der Waals surface area (Å²) in [5.74, 6) is -2.39. The quantitative estimate of drug-likeness (QED) is 0.491. The zero-order valence-electron chi connectivity index (χ0n) is 19.4. The lowest BCUT2D eigenvalue weighted by atomic mass is 9.92. The largest absolute Gasteiger partial charge is 0.451 e. The number of aromatic nitrogens is 5. The normalized spacial score (nSPS) is 25.8. The molecule has 3 aromatic rings. The van der Waals surface area contributed by atoms with Gasteiger partial charge in [0.15, 0.2) is 5.82 Å². The monoisotopic (exact) mass is 526 g/mol. The van der Waals surface area contributed by atoms with Gasteiger partial charge in [-0.3, -0.25) is 4.79 Å². The number of carbonyl (C=O) groups is 1. The van der Waals surface area contributed by atoms with Gasteiger partial charge in [0.05, 0.1) is 17.0 Å². The van der Waals surface area contributed by atoms with Crippen LogP contribution >= 0.6 is 11.6 Å². The lowest BCUT2D eigenvalue weighted by molar-refractivity contribution is -0.147. The standard InChI is InChI=1S/C23H23ClF4N6O2/c1-33-10-29-17(18(33)19(35)30-14-3-4-16(25)15(24)7-14)11-5-12-8-22(36,9-13(12)6-11)20-31-21(23(26,27)28)34(2)32-20/h3-4,7,10-13,36H,5-6,8-9H2,1-2H3,(H,30,35). The van der Waals surface area contributed by atoms with Crippen molar-refractivity contribution >= 4 is 23.2 Å². The Bertz CT molecular complexity index is 1320. The number of fused-ring (bicyclic) bond motifs is 1. The molecule has 192 valence electrons. The Balaban J connectivity index is 1.32. The van der Waals surface area contributed by atoms with Gasteiger partial charge in [0.25, 0.3) is 5.91 Å². The van der Waals surface area contributed by atoms with Crippen LogP contribution in [0.1, 0.15) is 59.4 Å². The van der Waals surface area contributed by atoms with E-state index in [0.29, 0.717) is 34.6 Å². The molecule has 2 atom stereocenters. The molecule has 2 unspecified atom stereocenters. The van der Waals surface area contributed by atoms with E-state index in [1.807, 2.05) is 0 Å². The van der Waals surface area contributed by atoms with Crippen LogP contribution in [-0.2, 0) is 25.9 Å². The summed E-state index contributed by atoms with van der Waals surface area (Å²) in [5, 5.41) is 17.6. The van der Waals surface area contributed by atoms with Gasteiger partial charge < -0.3 is 15.0 Å². The van der Waals surface area contributed by atoms with Crippen LogP contribution in [0.25, 0.3) is 0 Å². The second-order valence-corrected chi connectivity index (χ2v) is 10.1. The molecule has 0 bridgehead atoms. The SMILES string of the molecule is Cn1cnc(C2CC3CC(O)(c4nc(C(F)(F)F)n(C)n4)CC3C2)c1C(=O)Nc1ccc(F)c(Cl)c1. The third-order valence-electron chi connectivity index (χ3n) is 7.22. The first-order chi connectivity index (χ1) is 16.9. The van der Waals surface area contributed by atoms with Gasteiger partial charge in [0.2, 0.25) is 5.82 Å². The van der Waals surface area contributed by atoms with E-state index in [9.17, 15) is 27.5 Å². The highest BCUT2D eigenvalue weighted by Gasteiger charge is 2.53. The van der Waals surface area contributed by atoms with Crippen molar-refractivity contribution in [3.05, 3.63) is 58.4 Å². The van der Waals surface area contributed by atoms with Gasteiger partial charge >= 0.3 is 6.18 Å². The number of amides is 1. The Kier molecular flexibility index (Phi) is 5.86. The first-order valence-electron chi connectivity index (χ1n) is 11.3. The summed E-state index contributed by atoms with van der Waals surface area (Å²) in [7, 11) is 2.85. The molecule has 2 aromatic heterocycles. The maximum atomic E-state index is 13.5. The molecule has 2 saturated carbocycles. The number of nitrogens with zero attached hydrogens (tertiary/aromatic N) is 5. The zero-order chi connectivity index (χ0) is 26.0. The molecule has 2 fully saturated rings. The van der Waals surface area contributed by atoms with Crippen LogP contribution in [-0.4, -0.2) is 35.3 Å². The Hall–Kier alpha value is -2.99. The van der Waals surface area contributed by atoms with Crippen molar-refractivity contribution in [3.8, 4) is 0 Å². The number of imidazole rings is 1. The maximum Gasteiger partial charge on any atom is 0.451 e. The zero-order valence-corrected chi connectivity index (χ0v) is 20.1. The fourth-order valence-electron chi connectivity index (χ4n) is 5.68. The number of alkyl halides is 3. The van der Waals surface area contributed by atoms with Gasteiger partial charge in [-0.1, -0.05) is 11.6 Å². The molecule has 2 aliphatic carbocycles. The van der Waals surface area contributed by atoms with Gasteiger partial charge in [-0.25, -0.2) is 19.0 Å². The number of aryl methyl sites for hydroxylation is 2. The van der Waals surface area contributed by atoms with Crippen LogP contribution in [0.4, 0.5) is 23.2 Å². The Labute approximate surface area is 208 Å². The van der Waals surface area contributed by atoms with Crippen LogP contribution in [0.2, 0.25) is 5.02 Å². The summed E-state index contributed by atoms with van der Waals surface area (Å²) >= 11 is 5.81. The Morgan fingerprint density at radius 2 is 1.89 bits per heavy atom. The molecule has 2 aliphatic rings. The molecule has 2 N–H and O–H groups in total. The molecule has 1 amide bonds. The third kappa shape index (κ3) is 4.26. The van der Waals surface area contributed by atoms with E-state index < -0.39 is 29.3 Å². The molecule has 0 spiro atoms. The highest BCUT2D eigenvalue weighted by Crippen LogP contribution is 2.56. The number of hydrogen-bond acceptors (Lipinski definition) is 5. The van der Waals surface area contributed by atoms with Gasteiger partial charge in [-0.2, -0.15) is 18.3 Å². The number of anilines is 1. The Morgan fingerprint density at radius 3 is 2.47 bits per heavy atom. The van der Waals surface area contributed by atoms with Crippen molar-refractivity contribution in [2.75, 3.05) is 5.32 Å². The molecular formula is C23H23ClF4N6O2. The smallest absolute Gasteiger partial charge is 0.382 e. The minimum atomic E-state index is -4.66. The predicted octanol–water partition coefficient (Wildman–Crippen LogP) is 4.40. The van der Waals surface area contributed by atoms with Crippen LogP contribution in [0, 0.1) is 17.7 Å². The average Bonchev–Trinajstić information content (AvgIpc) is 3.52. The van der Waals surface area contributed by atoms with Crippen LogP contribution < -0.4 is 5.32 Å². The molecule has 5 rings (SSSR count). The molecule has 36 heavy (non-hydrogen) atoms. The number of rotatable bonds is 4. The maximum absolute atomic E-state index is 13.5. The van der Waals surface area contributed by atoms with Crippen LogP contribution in [0.3, 0.4) is 0 Å². The molecule has 1 aromatic carbocycles. The second kappa shape index (κ2) is 8.55. The minimum absolute atomic E-state index is 0.0203. The van der Waals surface area contributed by atoms with Crippen LogP contribution in [0.5, 0.6) is 0 Å². The molecule has 13 heteroatoms. The number of halogens is 5. The molecule has 2 heterocycles. The molecule has 0 aliphatic heterocycles. The number of benzene rings is 1. The van der Waals surface area contributed by atoms with E-state index in [-0.39, 0.29) is 41.4 Å². The summed E-state index contributed by atoms with van der Waals surface area (Å²) in [6, 6.07) is 3.89. The first kappa shape index (κ1) is 24.7. The first-order valence-corrected chi connectivity index (χ1v) is 11.7. The number of hydrogen-bond donors (Lipinski definition) is 2. The second-order valence-electron chi connectivity index (χ2n) is 9.68. The number of carbonyl (C=O) groups excluding carboxylic acids is 1. The summed E-state index contributed by atoms with van der Waals surface area (Å²) in [6.45, 7) is 0. The highest BCUT2D eigenvalue weighted by atomic mass is 35.5.